The number of ether oxygens (including phenoxy) is 1. The van der Waals surface area contributed by atoms with Crippen LogP contribution in [0.25, 0.3) is 16.8 Å². The SMILES string of the molecule is CC(C)c1ccc(OCC(=O)NNC(=S)NC(=O)/C=C/c2cccc3ccccc23)cc1. The molecule has 0 atom stereocenters. The molecule has 7 heteroatoms. The van der Waals surface area contributed by atoms with Crippen molar-refractivity contribution in [2.75, 3.05) is 6.61 Å². The Hall–Kier alpha value is -3.71. The van der Waals surface area contributed by atoms with E-state index in [4.69, 9.17) is 17.0 Å². The molecule has 0 unspecified atom stereocenters. The van der Waals surface area contributed by atoms with Gasteiger partial charge in [-0.25, -0.2) is 0 Å². The molecule has 0 spiro atoms. The minimum Gasteiger partial charge on any atom is -0.484 e. The van der Waals surface area contributed by atoms with E-state index in [2.05, 4.69) is 30.0 Å². The predicted octanol–water partition coefficient (Wildman–Crippen LogP) is 4.08. The van der Waals surface area contributed by atoms with Gasteiger partial charge in [0, 0.05) is 6.08 Å². The van der Waals surface area contributed by atoms with E-state index < -0.39 is 11.8 Å². The lowest BCUT2D eigenvalue weighted by Crippen LogP contribution is -2.49. The molecule has 3 rings (SSSR count). The first-order valence-corrected chi connectivity index (χ1v) is 10.6. The number of nitrogens with one attached hydrogen (secondary N) is 3. The summed E-state index contributed by atoms with van der Waals surface area (Å²) in [6.07, 6.45) is 3.11. The summed E-state index contributed by atoms with van der Waals surface area (Å²) in [5.41, 5.74) is 6.99. The molecule has 0 aliphatic heterocycles. The van der Waals surface area contributed by atoms with E-state index in [0.29, 0.717) is 11.7 Å². The molecule has 32 heavy (non-hydrogen) atoms. The van der Waals surface area contributed by atoms with Crippen LogP contribution in [0.2, 0.25) is 0 Å². The lowest BCUT2D eigenvalue weighted by Gasteiger charge is -2.11. The van der Waals surface area contributed by atoms with Gasteiger partial charge < -0.3 is 4.74 Å². The molecule has 6 nitrogen and oxygen atoms in total. The third kappa shape index (κ3) is 6.65. The fourth-order valence-corrected chi connectivity index (χ4v) is 3.16. The van der Waals surface area contributed by atoms with Crippen molar-refractivity contribution in [1.29, 1.82) is 0 Å². The second-order valence-electron chi connectivity index (χ2n) is 7.41. The van der Waals surface area contributed by atoms with Crippen LogP contribution in [0, 0.1) is 0 Å². The Balaban J connectivity index is 1.42. The Labute approximate surface area is 192 Å². The van der Waals surface area contributed by atoms with Gasteiger partial charge >= 0.3 is 0 Å². The van der Waals surface area contributed by atoms with E-state index >= 15 is 0 Å². The predicted molar refractivity (Wildman–Crippen MR) is 131 cm³/mol. The number of amides is 2. The lowest BCUT2D eigenvalue weighted by atomic mass is 10.0. The van der Waals surface area contributed by atoms with Crippen LogP contribution in [-0.4, -0.2) is 23.5 Å². The first kappa shape index (κ1) is 23.0. The van der Waals surface area contributed by atoms with Gasteiger partial charge in [-0.2, -0.15) is 0 Å². The summed E-state index contributed by atoms with van der Waals surface area (Å²) in [7, 11) is 0. The van der Waals surface area contributed by atoms with Crippen molar-refractivity contribution in [1.82, 2.24) is 16.2 Å². The summed E-state index contributed by atoms with van der Waals surface area (Å²) >= 11 is 5.04. The molecule has 3 N–H and O–H groups in total. The van der Waals surface area contributed by atoms with Crippen molar-refractivity contribution in [3.63, 3.8) is 0 Å². The minimum absolute atomic E-state index is 0.0211. The van der Waals surface area contributed by atoms with Crippen molar-refractivity contribution < 1.29 is 14.3 Å². The molecule has 3 aromatic rings. The van der Waals surface area contributed by atoms with Crippen molar-refractivity contribution in [3.05, 3.63) is 83.9 Å². The van der Waals surface area contributed by atoms with Crippen LogP contribution < -0.4 is 20.9 Å². The Bertz CT molecular complexity index is 1140. The molecule has 2 amide bonds. The molecule has 164 valence electrons. The number of hydrogen-bond acceptors (Lipinski definition) is 4. The largest absolute Gasteiger partial charge is 0.484 e. The van der Waals surface area contributed by atoms with Crippen LogP contribution in [0.4, 0.5) is 0 Å². The molecule has 0 aliphatic carbocycles. The normalized spacial score (nSPS) is 10.8. The van der Waals surface area contributed by atoms with Crippen molar-refractivity contribution in [2.45, 2.75) is 19.8 Å². The van der Waals surface area contributed by atoms with Gasteiger partial charge in [0.05, 0.1) is 0 Å². The Morgan fingerprint density at radius 3 is 2.44 bits per heavy atom. The first-order valence-electron chi connectivity index (χ1n) is 10.2. The molecule has 0 saturated carbocycles. The molecular weight excluding hydrogens is 422 g/mol. The van der Waals surface area contributed by atoms with Crippen LogP contribution in [0.3, 0.4) is 0 Å². The zero-order chi connectivity index (χ0) is 22.9. The highest BCUT2D eigenvalue weighted by atomic mass is 32.1. The number of hydrogen-bond donors (Lipinski definition) is 3. The van der Waals surface area contributed by atoms with Gasteiger partial charge in [0.15, 0.2) is 11.7 Å². The van der Waals surface area contributed by atoms with E-state index in [1.807, 2.05) is 66.7 Å². The number of hydrazine groups is 1. The van der Waals surface area contributed by atoms with Gasteiger partial charge in [-0.3, -0.25) is 25.8 Å². The zero-order valence-corrected chi connectivity index (χ0v) is 18.7. The lowest BCUT2D eigenvalue weighted by molar-refractivity contribution is -0.123. The number of rotatable bonds is 6. The van der Waals surface area contributed by atoms with Gasteiger partial charge in [0.2, 0.25) is 5.91 Å². The Morgan fingerprint density at radius 1 is 0.969 bits per heavy atom. The maximum Gasteiger partial charge on any atom is 0.276 e. The molecule has 0 radical (unpaired) electrons. The third-order valence-corrected chi connectivity index (χ3v) is 4.91. The third-order valence-electron chi connectivity index (χ3n) is 4.71. The summed E-state index contributed by atoms with van der Waals surface area (Å²) in [4.78, 5) is 24.1. The number of carbonyl (C=O) groups is 2. The highest BCUT2D eigenvalue weighted by Crippen LogP contribution is 2.20. The van der Waals surface area contributed by atoms with Crippen LogP contribution in [0.5, 0.6) is 5.75 Å². The minimum atomic E-state index is -0.430. The van der Waals surface area contributed by atoms with Gasteiger partial charge in [-0.15, -0.1) is 0 Å². The summed E-state index contributed by atoms with van der Waals surface area (Å²) in [6, 6.07) is 21.4. The molecule has 3 aromatic carbocycles. The molecule has 0 aliphatic rings. The first-order chi connectivity index (χ1) is 15.4. The number of benzene rings is 3. The molecular formula is C25H25N3O3S. The van der Waals surface area contributed by atoms with Crippen LogP contribution in [-0.2, 0) is 9.59 Å². The number of fused-ring (bicyclic) bond motifs is 1. The van der Waals surface area contributed by atoms with E-state index in [9.17, 15) is 9.59 Å². The molecule has 0 aromatic heterocycles. The number of thiocarbonyl (C=S) groups is 1. The number of carbonyl (C=O) groups excluding carboxylic acids is 2. The van der Waals surface area contributed by atoms with E-state index in [1.54, 1.807) is 6.08 Å². The second kappa shape index (κ2) is 11.1. The van der Waals surface area contributed by atoms with Gasteiger partial charge in [0.1, 0.15) is 5.75 Å². The molecule has 0 bridgehead atoms. The van der Waals surface area contributed by atoms with Crippen molar-refractivity contribution >= 4 is 46.0 Å². The smallest absolute Gasteiger partial charge is 0.276 e. The van der Waals surface area contributed by atoms with Crippen LogP contribution in [0.15, 0.2) is 72.8 Å². The monoisotopic (exact) mass is 447 g/mol. The maximum atomic E-state index is 12.1. The highest BCUT2D eigenvalue weighted by molar-refractivity contribution is 7.80. The topological polar surface area (TPSA) is 79.5 Å². The molecule has 0 fully saturated rings. The van der Waals surface area contributed by atoms with Crippen LogP contribution in [0.1, 0.15) is 30.9 Å². The average molecular weight is 448 g/mol. The highest BCUT2D eigenvalue weighted by Gasteiger charge is 2.06. The van der Waals surface area contributed by atoms with E-state index in [0.717, 1.165) is 16.3 Å². The fraction of sp³-hybridized carbons (Fsp3) is 0.160. The van der Waals surface area contributed by atoms with Crippen LogP contribution >= 0.6 is 12.2 Å². The Kier molecular flexibility index (Phi) is 7.94. The van der Waals surface area contributed by atoms with E-state index in [-0.39, 0.29) is 11.7 Å². The summed E-state index contributed by atoms with van der Waals surface area (Å²) in [6.45, 7) is 4.03. The van der Waals surface area contributed by atoms with Crippen molar-refractivity contribution in [3.8, 4) is 5.75 Å². The summed E-state index contributed by atoms with van der Waals surface area (Å²) in [5.74, 6) is 0.181. The van der Waals surface area contributed by atoms with Gasteiger partial charge in [-0.1, -0.05) is 68.4 Å². The van der Waals surface area contributed by atoms with E-state index in [1.165, 1.54) is 11.6 Å². The summed E-state index contributed by atoms with van der Waals surface area (Å²) in [5, 5.41) is 4.60. The fourth-order valence-electron chi connectivity index (χ4n) is 3.01. The van der Waals surface area contributed by atoms with Gasteiger partial charge in [0.25, 0.3) is 5.91 Å². The quantitative estimate of drug-likeness (QED) is 0.302. The maximum absolute atomic E-state index is 12.1. The average Bonchev–Trinajstić information content (AvgIpc) is 2.80. The van der Waals surface area contributed by atoms with Gasteiger partial charge in [-0.05, 0) is 58.2 Å². The standard InChI is InChI=1S/C25H25N3O3S/c1-17(2)18-10-13-21(14-11-18)31-16-24(30)27-28-25(32)26-23(29)15-12-20-8-5-7-19-6-3-4-9-22(19)20/h3-15,17H,16H2,1-2H3,(H,27,30)(H2,26,28,29,32)/b15-12+. The summed E-state index contributed by atoms with van der Waals surface area (Å²) < 4.78 is 5.44. The second-order valence-corrected chi connectivity index (χ2v) is 7.81. The zero-order valence-electron chi connectivity index (χ0n) is 17.9. The Morgan fingerprint density at radius 2 is 1.69 bits per heavy atom. The van der Waals surface area contributed by atoms with Crippen molar-refractivity contribution in [2.24, 2.45) is 0 Å². The molecule has 0 saturated heterocycles. The molecule has 0 heterocycles.